The van der Waals surface area contributed by atoms with Gasteiger partial charge in [0.15, 0.2) is 0 Å². The monoisotopic (exact) mass is 432 g/mol. The van der Waals surface area contributed by atoms with E-state index in [-0.39, 0.29) is 9.49 Å². The molecule has 4 rings (SSSR count). The summed E-state index contributed by atoms with van der Waals surface area (Å²) in [5.74, 6) is 3.31. The van der Waals surface area contributed by atoms with Crippen molar-refractivity contribution in [1.82, 2.24) is 0 Å². The zero-order chi connectivity index (χ0) is 20.8. The Labute approximate surface area is 185 Å². The van der Waals surface area contributed by atoms with Crippen LogP contribution in [-0.4, -0.2) is 31.9 Å². The van der Waals surface area contributed by atoms with E-state index in [2.05, 4.69) is 81.6 Å². The van der Waals surface area contributed by atoms with Crippen molar-refractivity contribution in [2.45, 2.75) is 93.3 Å². The Morgan fingerprint density at radius 1 is 1.07 bits per heavy atom. The van der Waals surface area contributed by atoms with Gasteiger partial charge in [-0.15, -0.1) is 23.5 Å². The summed E-state index contributed by atoms with van der Waals surface area (Å²) in [4.78, 5) is 0. The van der Waals surface area contributed by atoms with Gasteiger partial charge in [-0.25, -0.2) is 0 Å². The molecule has 29 heavy (non-hydrogen) atoms. The van der Waals surface area contributed by atoms with Gasteiger partial charge in [0.25, 0.3) is 0 Å². The van der Waals surface area contributed by atoms with E-state index in [0.29, 0.717) is 6.42 Å². The minimum absolute atomic E-state index is 0.0117. The maximum absolute atomic E-state index is 12.6. The van der Waals surface area contributed by atoms with E-state index >= 15 is 0 Å². The quantitative estimate of drug-likeness (QED) is 0.399. The molecular formula is C25H36O2S2. The highest BCUT2D eigenvalue weighted by molar-refractivity contribution is 8.21. The molecule has 1 aromatic carbocycles. The summed E-state index contributed by atoms with van der Waals surface area (Å²) in [5.41, 5.74) is 0.728. The molecule has 0 saturated carbocycles. The lowest BCUT2D eigenvalue weighted by atomic mass is 9.51. The van der Waals surface area contributed by atoms with Crippen LogP contribution in [0.5, 0.6) is 5.75 Å². The van der Waals surface area contributed by atoms with Crippen LogP contribution >= 0.6 is 23.5 Å². The number of unbranched alkanes of at least 4 members (excludes halogenated alkanes) is 3. The third-order valence-corrected chi connectivity index (χ3v) is 11.3. The minimum atomic E-state index is -0.928. The average molecular weight is 433 g/mol. The molecule has 0 amide bonds. The molecule has 4 heteroatoms. The molecule has 2 atom stereocenters. The molecule has 160 valence electrons. The fourth-order valence-electron chi connectivity index (χ4n) is 5.98. The molecule has 1 aliphatic carbocycles. The Hall–Kier alpha value is -0.580. The Morgan fingerprint density at radius 3 is 2.52 bits per heavy atom. The van der Waals surface area contributed by atoms with Crippen LogP contribution in [0.2, 0.25) is 0 Å². The molecule has 1 N–H and O–H groups in total. The molecule has 2 aliphatic heterocycles. The second-order valence-electron chi connectivity index (χ2n) is 9.57. The summed E-state index contributed by atoms with van der Waals surface area (Å²) in [6, 6.07) is 8.55. The number of aliphatic hydroxyl groups is 1. The van der Waals surface area contributed by atoms with Gasteiger partial charge in [-0.2, -0.15) is 0 Å². The summed E-state index contributed by atoms with van der Waals surface area (Å²) in [7, 11) is 0. The summed E-state index contributed by atoms with van der Waals surface area (Å²) >= 11 is 4.23. The van der Waals surface area contributed by atoms with Crippen molar-refractivity contribution in [2.75, 3.05) is 11.5 Å². The summed E-state index contributed by atoms with van der Waals surface area (Å²) < 4.78 is 6.49. The number of thioether (sulfide) groups is 2. The first-order valence-corrected chi connectivity index (χ1v) is 13.2. The Morgan fingerprint density at radius 2 is 1.79 bits per heavy atom. The van der Waals surface area contributed by atoms with Gasteiger partial charge in [0.05, 0.1) is 9.49 Å². The first kappa shape index (κ1) is 21.6. The van der Waals surface area contributed by atoms with Gasteiger partial charge in [0.1, 0.15) is 17.0 Å². The van der Waals surface area contributed by atoms with Crippen molar-refractivity contribution < 1.29 is 9.84 Å². The number of hydrogen-bond acceptors (Lipinski definition) is 4. The number of hydrogen-bond donors (Lipinski definition) is 1. The van der Waals surface area contributed by atoms with E-state index in [1.807, 2.05) is 0 Å². The average Bonchev–Trinajstić information content (AvgIpc) is 3.17. The normalized spacial score (nSPS) is 32.1. The van der Waals surface area contributed by atoms with Crippen LogP contribution < -0.4 is 4.74 Å². The highest BCUT2D eigenvalue weighted by Crippen LogP contribution is 2.70. The molecule has 0 bridgehead atoms. The van der Waals surface area contributed by atoms with Gasteiger partial charge in [-0.3, -0.25) is 0 Å². The second-order valence-corrected chi connectivity index (χ2v) is 12.6. The molecule has 0 radical (unpaired) electrons. The van der Waals surface area contributed by atoms with E-state index in [9.17, 15) is 5.11 Å². The third kappa shape index (κ3) is 3.11. The lowest BCUT2D eigenvalue weighted by Crippen LogP contribution is -2.74. The van der Waals surface area contributed by atoms with Crippen molar-refractivity contribution >= 4 is 23.5 Å². The Kier molecular flexibility index (Phi) is 5.85. The van der Waals surface area contributed by atoms with Crippen molar-refractivity contribution in [3.63, 3.8) is 0 Å². The summed E-state index contributed by atoms with van der Waals surface area (Å²) in [6.45, 7) is 8.72. The molecule has 1 fully saturated rings. The largest absolute Gasteiger partial charge is 0.484 e. The van der Waals surface area contributed by atoms with Crippen LogP contribution in [-0.2, 0) is 5.41 Å². The number of fused-ring (bicyclic) bond motifs is 3. The first-order chi connectivity index (χ1) is 13.8. The van der Waals surface area contributed by atoms with Crippen molar-refractivity contribution in [1.29, 1.82) is 0 Å². The summed E-state index contributed by atoms with van der Waals surface area (Å²) in [6.07, 6.45) is 10.1. The highest BCUT2D eigenvalue weighted by Gasteiger charge is 2.72. The summed E-state index contributed by atoms with van der Waals surface area (Å²) in [5, 5.41) is 12.6. The maximum Gasteiger partial charge on any atom is 0.133 e. The van der Waals surface area contributed by atoms with E-state index in [1.54, 1.807) is 0 Å². The van der Waals surface area contributed by atoms with Gasteiger partial charge in [0, 0.05) is 17.1 Å². The number of benzene rings is 1. The highest BCUT2D eigenvalue weighted by atomic mass is 32.2. The van der Waals surface area contributed by atoms with Gasteiger partial charge in [0.2, 0.25) is 0 Å². The maximum atomic E-state index is 12.6. The molecule has 1 aromatic rings. The molecule has 0 spiro atoms. The zero-order valence-electron chi connectivity index (χ0n) is 18.4. The lowest BCUT2D eigenvalue weighted by Gasteiger charge is -2.65. The molecule has 2 heterocycles. The standard InChI is InChI=1S/C25H36O2S2/c1-5-6-7-10-14-25(28-16-17-29-25)23-18-19(2)13-15-24(23,26)22(3,4)27-21-12-9-8-11-20(21)23/h8-9,11-13,26H,5-7,10,14-18H2,1-4H3. The van der Waals surface area contributed by atoms with Crippen LogP contribution in [0, 0.1) is 0 Å². The minimum Gasteiger partial charge on any atom is -0.484 e. The van der Waals surface area contributed by atoms with Crippen LogP contribution in [0.15, 0.2) is 35.9 Å². The Balaban J connectivity index is 1.92. The van der Waals surface area contributed by atoms with E-state index in [4.69, 9.17) is 4.74 Å². The fraction of sp³-hybridized carbons (Fsp3) is 0.680. The third-order valence-electron chi connectivity index (χ3n) is 7.47. The smallest absolute Gasteiger partial charge is 0.133 e. The SMILES string of the molecule is CCCCCCC1(C23CC(C)=CCC2(O)C(C)(C)Oc2ccccc23)SCCS1. The zero-order valence-corrected chi connectivity index (χ0v) is 20.1. The predicted molar refractivity (Wildman–Crippen MR) is 127 cm³/mol. The second kappa shape index (κ2) is 7.84. The number of allylic oxidation sites excluding steroid dienone is 1. The molecule has 2 unspecified atom stereocenters. The lowest BCUT2D eigenvalue weighted by molar-refractivity contribution is -0.183. The molecular weight excluding hydrogens is 396 g/mol. The number of para-hydroxylation sites is 1. The van der Waals surface area contributed by atoms with Gasteiger partial charge >= 0.3 is 0 Å². The topological polar surface area (TPSA) is 29.5 Å². The van der Waals surface area contributed by atoms with Crippen molar-refractivity contribution in [3.05, 3.63) is 41.5 Å². The van der Waals surface area contributed by atoms with Crippen LogP contribution in [0.1, 0.15) is 78.2 Å². The Bertz CT molecular complexity index is 781. The predicted octanol–water partition coefficient (Wildman–Crippen LogP) is 6.71. The van der Waals surface area contributed by atoms with Crippen LogP contribution in [0.3, 0.4) is 0 Å². The number of ether oxygens (including phenoxy) is 1. The van der Waals surface area contributed by atoms with Gasteiger partial charge in [-0.1, -0.05) is 62.5 Å². The first-order valence-electron chi connectivity index (χ1n) is 11.3. The van der Waals surface area contributed by atoms with Crippen LogP contribution in [0.25, 0.3) is 0 Å². The van der Waals surface area contributed by atoms with Gasteiger partial charge in [-0.05, 0) is 46.1 Å². The fourth-order valence-corrected chi connectivity index (χ4v) is 9.91. The number of rotatable bonds is 6. The van der Waals surface area contributed by atoms with Crippen LogP contribution in [0.4, 0.5) is 0 Å². The van der Waals surface area contributed by atoms with Crippen molar-refractivity contribution in [3.8, 4) is 5.75 Å². The van der Waals surface area contributed by atoms with E-state index in [0.717, 1.165) is 18.6 Å². The van der Waals surface area contributed by atoms with E-state index in [1.165, 1.54) is 48.3 Å². The molecule has 3 aliphatic rings. The van der Waals surface area contributed by atoms with E-state index < -0.39 is 11.2 Å². The van der Waals surface area contributed by atoms with Gasteiger partial charge < -0.3 is 9.84 Å². The van der Waals surface area contributed by atoms with Crippen molar-refractivity contribution in [2.24, 2.45) is 0 Å². The molecule has 2 nitrogen and oxygen atoms in total. The molecule has 1 saturated heterocycles. The molecule has 0 aromatic heterocycles.